The van der Waals surface area contributed by atoms with E-state index in [1.165, 1.54) is 18.4 Å². The first-order valence-corrected chi connectivity index (χ1v) is 12.4. The van der Waals surface area contributed by atoms with Gasteiger partial charge >= 0.3 is 0 Å². The highest BCUT2D eigenvalue weighted by atomic mass is 32.2. The van der Waals surface area contributed by atoms with Crippen LogP contribution < -0.4 is 5.32 Å². The molecule has 0 fully saturated rings. The smallest absolute Gasteiger partial charge is 0.278 e. The molecule has 0 spiro atoms. The minimum Gasteiger partial charge on any atom is -0.360 e. The Hall–Kier alpha value is -2.98. The van der Waals surface area contributed by atoms with Crippen molar-refractivity contribution in [3.63, 3.8) is 0 Å². The predicted molar refractivity (Wildman–Crippen MR) is 124 cm³/mol. The monoisotopic (exact) mass is 471 g/mol. The lowest BCUT2D eigenvalue weighted by molar-refractivity contribution is 0.101. The van der Waals surface area contributed by atoms with Crippen LogP contribution >= 0.6 is 0 Å². The van der Waals surface area contributed by atoms with E-state index < -0.39 is 10.0 Å². The van der Waals surface area contributed by atoms with E-state index in [2.05, 4.69) is 22.5 Å². The van der Waals surface area contributed by atoms with Crippen LogP contribution in [0.5, 0.6) is 0 Å². The lowest BCUT2D eigenvalue weighted by Crippen LogP contribution is -2.22. The zero-order valence-electron chi connectivity index (χ0n) is 19.5. The number of rotatable bonds is 6. The van der Waals surface area contributed by atoms with E-state index in [0.717, 1.165) is 41.8 Å². The van der Waals surface area contributed by atoms with Crippen molar-refractivity contribution in [1.82, 2.24) is 19.2 Å². The summed E-state index contributed by atoms with van der Waals surface area (Å²) in [4.78, 5) is 13.2. The standard InChI is InChI=1S/C23H29N5O4S/c1-14-9-10-20-19(11-14)22(26-32-20)23(29)24-21-15(2)25-28(16(21)3)13-17-7-6-8-18(12-17)33(30,31)27(4)5/h6-8,12,14H,9-11,13H2,1-5H3,(H,24,29). The molecule has 0 saturated heterocycles. The third-order valence-electron chi connectivity index (χ3n) is 6.13. The summed E-state index contributed by atoms with van der Waals surface area (Å²) in [5.74, 6) is 0.982. The largest absolute Gasteiger partial charge is 0.360 e. The molecule has 176 valence electrons. The number of nitrogens with zero attached hydrogens (tertiary/aromatic N) is 4. The summed E-state index contributed by atoms with van der Waals surface area (Å²) in [6.45, 7) is 6.23. The molecule has 1 aliphatic rings. The maximum atomic E-state index is 13.0. The van der Waals surface area contributed by atoms with Crippen LogP contribution in [0, 0.1) is 19.8 Å². The van der Waals surface area contributed by atoms with Gasteiger partial charge in [0.05, 0.1) is 28.5 Å². The molecule has 0 saturated carbocycles. The zero-order chi connectivity index (χ0) is 23.9. The molecule has 2 aromatic heterocycles. The van der Waals surface area contributed by atoms with Gasteiger partial charge in [-0.15, -0.1) is 0 Å². The van der Waals surface area contributed by atoms with Gasteiger partial charge in [-0.1, -0.05) is 24.2 Å². The highest BCUT2D eigenvalue weighted by molar-refractivity contribution is 7.89. The number of benzene rings is 1. The Balaban J connectivity index is 1.56. The molecule has 0 radical (unpaired) electrons. The molecule has 0 aliphatic heterocycles. The van der Waals surface area contributed by atoms with Crippen molar-refractivity contribution in [2.45, 2.75) is 51.5 Å². The van der Waals surface area contributed by atoms with E-state index in [1.807, 2.05) is 19.9 Å². The SMILES string of the molecule is Cc1nn(Cc2cccc(S(=O)(=O)N(C)C)c2)c(C)c1NC(=O)c1noc2c1CC(C)CC2. The molecule has 4 rings (SSSR count). The number of nitrogens with one attached hydrogen (secondary N) is 1. The van der Waals surface area contributed by atoms with Crippen molar-refractivity contribution >= 4 is 21.6 Å². The van der Waals surface area contributed by atoms with Gasteiger partial charge in [-0.25, -0.2) is 12.7 Å². The Morgan fingerprint density at radius 2 is 2.06 bits per heavy atom. The Labute approximate surface area is 193 Å². The summed E-state index contributed by atoms with van der Waals surface area (Å²) < 4.78 is 33.3. The van der Waals surface area contributed by atoms with Gasteiger partial charge in [0.2, 0.25) is 10.0 Å². The van der Waals surface area contributed by atoms with Gasteiger partial charge < -0.3 is 9.84 Å². The second-order valence-electron chi connectivity index (χ2n) is 8.87. The Bertz CT molecular complexity index is 1310. The topological polar surface area (TPSA) is 110 Å². The minimum atomic E-state index is -3.53. The van der Waals surface area contributed by atoms with E-state index in [4.69, 9.17) is 4.52 Å². The molecule has 1 unspecified atom stereocenters. The molecule has 9 nitrogen and oxygen atoms in total. The molecule has 10 heteroatoms. The molecular formula is C23H29N5O4S. The highest BCUT2D eigenvalue weighted by Gasteiger charge is 2.28. The third-order valence-corrected chi connectivity index (χ3v) is 7.94. The number of hydrogen-bond donors (Lipinski definition) is 1. The van der Waals surface area contributed by atoms with Crippen LogP contribution in [0.2, 0.25) is 0 Å². The lowest BCUT2D eigenvalue weighted by Gasteiger charge is -2.16. The normalized spacial score (nSPS) is 16.1. The third kappa shape index (κ3) is 4.45. The summed E-state index contributed by atoms with van der Waals surface area (Å²) in [6, 6.07) is 6.79. The number of sulfonamides is 1. The van der Waals surface area contributed by atoms with E-state index in [9.17, 15) is 13.2 Å². The summed E-state index contributed by atoms with van der Waals surface area (Å²) >= 11 is 0. The maximum Gasteiger partial charge on any atom is 0.278 e. The molecule has 1 atom stereocenters. The summed E-state index contributed by atoms with van der Waals surface area (Å²) in [5.41, 5.74) is 4.09. The molecule has 2 heterocycles. The Morgan fingerprint density at radius 1 is 1.30 bits per heavy atom. The van der Waals surface area contributed by atoms with Crippen LogP contribution in [0.4, 0.5) is 5.69 Å². The van der Waals surface area contributed by atoms with Crippen molar-refractivity contribution in [2.75, 3.05) is 19.4 Å². The van der Waals surface area contributed by atoms with E-state index in [-0.39, 0.29) is 10.8 Å². The van der Waals surface area contributed by atoms with Gasteiger partial charge in [0, 0.05) is 26.1 Å². The van der Waals surface area contributed by atoms with E-state index in [0.29, 0.717) is 29.5 Å². The number of anilines is 1. The molecule has 0 bridgehead atoms. The fraction of sp³-hybridized carbons (Fsp3) is 0.435. The molecule has 1 N–H and O–H groups in total. The molecule has 1 aliphatic carbocycles. The fourth-order valence-electron chi connectivity index (χ4n) is 4.15. The average molecular weight is 472 g/mol. The number of carbonyl (C=O) groups excluding carboxylic acids is 1. The average Bonchev–Trinajstić information content (AvgIpc) is 3.29. The van der Waals surface area contributed by atoms with Gasteiger partial charge in [0.1, 0.15) is 5.76 Å². The van der Waals surface area contributed by atoms with Gasteiger partial charge in [-0.2, -0.15) is 5.10 Å². The molecule has 3 aromatic rings. The van der Waals surface area contributed by atoms with Gasteiger partial charge in [0.15, 0.2) is 5.69 Å². The van der Waals surface area contributed by atoms with Crippen molar-refractivity contribution in [2.24, 2.45) is 5.92 Å². The number of fused-ring (bicyclic) bond motifs is 1. The van der Waals surface area contributed by atoms with Crippen LogP contribution in [0.3, 0.4) is 0 Å². The number of hydrogen-bond acceptors (Lipinski definition) is 6. The highest BCUT2D eigenvalue weighted by Crippen LogP contribution is 2.29. The quantitative estimate of drug-likeness (QED) is 0.591. The first kappa shape index (κ1) is 23.2. The fourth-order valence-corrected chi connectivity index (χ4v) is 5.12. The Morgan fingerprint density at radius 3 is 2.79 bits per heavy atom. The van der Waals surface area contributed by atoms with Gasteiger partial charge in [-0.3, -0.25) is 9.48 Å². The van der Waals surface area contributed by atoms with Gasteiger partial charge in [-0.05, 0) is 50.3 Å². The van der Waals surface area contributed by atoms with Crippen LogP contribution in [-0.4, -0.2) is 47.7 Å². The first-order valence-electron chi connectivity index (χ1n) is 10.9. The number of carbonyl (C=O) groups is 1. The summed E-state index contributed by atoms with van der Waals surface area (Å²) in [6.07, 6.45) is 2.62. The predicted octanol–water partition coefficient (Wildman–Crippen LogP) is 3.16. The molecule has 1 amide bonds. The molecule has 33 heavy (non-hydrogen) atoms. The zero-order valence-corrected chi connectivity index (χ0v) is 20.4. The van der Waals surface area contributed by atoms with Crippen LogP contribution in [0.25, 0.3) is 0 Å². The van der Waals surface area contributed by atoms with E-state index in [1.54, 1.807) is 22.9 Å². The first-order chi connectivity index (χ1) is 15.6. The lowest BCUT2D eigenvalue weighted by atomic mass is 9.88. The summed E-state index contributed by atoms with van der Waals surface area (Å²) in [7, 11) is -0.517. The Kier molecular flexibility index (Phi) is 6.15. The second kappa shape index (κ2) is 8.75. The van der Waals surface area contributed by atoms with E-state index >= 15 is 0 Å². The van der Waals surface area contributed by atoms with Crippen LogP contribution in [0.1, 0.15) is 52.1 Å². The van der Waals surface area contributed by atoms with Gasteiger partial charge in [0.25, 0.3) is 5.91 Å². The van der Waals surface area contributed by atoms with Crippen LogP contribution in [0.15, 0.2) is 33.7 Å². The molecule has 1 aromatic carbocycles. The molecular weight excluding hydrogens is 442 g/mol. The minimum absolute atomic E-state index is 0.227. The van der Waals surface area contributed by atoms with Crippen molar-refractivity contribution in [1.29, 1.82) is 0 Å². The number of aromatic nitrogens is 3. The second-order valence-corrected chi connectivity index (χ2v) is 11.0. The van der Waals surface area contributed by atoms with Crippen LogP contribution in [-0.2, 0) is 29.4 Å². The summed E-state index contributed by atoms with van der Waals surface area (Å²) in [5, 5.41) is 11.6. The van der Waals surface area contributed by atoms with Crippen molar-refractivity contribution in [3.8, 4) is 0 Å². The van der Waals surface area contributed by atoms with Crippen molar-refractivity contribution in [3.05, 3.63) is 58.2 Å². The van der Waals surface area contributed by atoms with Crippen molar-refractivity contribution < 1.29 is 17.7 Å². The number of aryl methyl sites for hydroxylation is 2. The number of amides is 1. The maximum absolute atomic E-state index is 13.0.